The summed E-state index contributed by atoms with van der Waals surface area (Å²) in [4.78, 5) is 0. The van der Waals surface area contributed by atoms with Crippen LogP contribution in [0.4, 0.5) is 0 Å². The molecule has 2 unspecified atom stereocenters. The lowest BCUT2D eigenvalue weighted by molar-refractivity contribution is 0.269. The third kappa shape index (κ3) is 4.54. The molecule has 49 heavy (non-hydrogen) atoms. The van der Waals surface area contributed by atoms with E-state index in [1.54, 1.807) is 0 Å². The van der Waals surface area contributed by atoms with Gasteiger partial charge >= 0.3 is 0 Å². The third-order valence-corrected chi connectivity index (χ3v) is 10.4. The molecule has 0 aromatic heterocycles. The van der Waals surface area contributed by atoms with Gasteiger partial charge in [0.15, 0.2) is 0 Å². The fourth-order valence-electron chi connectivity index (χ4n) is 8.08. The zero-order valence-electron chi connectivity index (χ0n) is 26.9. The number of hydrogen-bond donors (Lipinski definition) is 0. The number of fused-ring (bicyclic) bond motifs is 6. The average molecular weight is 625 g/mol. The number of hydrogen-bond acceptors (Lipinski definition) is 1. The molecule has 0 amide bonds. The highest BCUT2D eigenvalue weighted by atomic mass is 16.5. The molecule has 1 aliphatic heterocycles. The molecule has 10 rings (SSSR count). The zero-order valence-corrected chi connectivity index (χ0v) is 26.9. The molecule has 1 heterocycles. The predicted octanol–water partition coefficient (Wildman–Crippen LogP) is 12.8. The zero-order chi connectivity index (χ0) is 32.3. The van der Waals surface area contributed by atoms with Gasteiger partial charge in [0, 0.05) is 11.5 Å². The van der Waals surface area contributed by atoms with E-state index in [0.717, 1.165) is 5.75 Å². The van der Waals surface area contributed by atoms with Gasteiger partial charge in [0.05, 0.1) is 0 Å². The van der Waals surface area contributed by atoms with Gasteiger partial charge in [-0.3, -0.25) is 0 Å². The second-order valence-corrected chi connectivity index (χ2v) is 13.2. The molecule has 0 bridgehead atoms. The quantitative estimate of drug-likeness (QED) is 0.177. The monoisotopic (exact) mass is 624 g/mol. The van der Waals surface area contributed by atoms with Gasteiger partial charge in [0.1, 0.15) is 11.9 Å². The Morgan fingerprint density at radius 3 is 1.86 bits per heavy atom. The Balaban J connectivity index is 1.24. The summed E-state index contributed by atoms with van der Waals surface area (Å²) >= 11 is 0. The normalized spacial score (nSPS) is 16.2. The first-order chi connectivity index (χ1) is 24.3. The van der Waals surface area contributed by atoms with Crippen LogP contribution in [-0.4, -0.2) is 6.10 Å². The van der Waals surface area contributed by atoms with Crippen molar-refractivity contribution in [3.63, 3.8) is 0 Å². The van der Waals surface area contributed by atoms with Gasteiger partial charge in [-0.2, -0.15) is 0 Å². The standard InChI is InChI=1S/C48H32O/c1-2-11-31(12-3-1)32-21-23-34(24-22-32)47-40-17-6-7-18-41(40)48(39-19-10-14-33-13-4-5-15-37(33)39)42-27-25-35(30-44(42)47)36-26-28-46-43(29-36)38-16-8-9-20-45(38)49-46/h1-30,38,45H. The Bertz CT molecular complexity index is 2620. The summed E-state index contributed by atoms with van der Waals surface area (Å²) in [6.45, 7) is 0. The van der Waals surface area contributed by atoms with Crippen LogP contribution >= 0.6 is 0 Å². The van der Waals surface area contributed by atoms with E-state index >= 15 is 0 Å². The summed E-state index contributed by atoms with van der Waals surface area (Å²) in [7, 11) is 0. The van der Waals surface area contributed by atoms with E-state index in [1.165, 1.54) is 82.4 Å². The molecule has 8 aromatic rings. The minimum Gasteiger partial charge on any atom is -0.485 e. The SMILES string of the molecule is C1=CC2Oc3ccc(-c4ccc5c(-c6cccc7ccccc67)c6ccccc6c(-c6ccc(-c7ccccc7)cc6)c5c4)cc3C2C=C1. The molecule has 0 N–H and O–H groups in total. The second-order valence-electron chi connectivity index (χ2n) is 13.2. The molecule has 0 saturated carbocycles. The minimum atomic E-state index is 0.0759. The minimum absolute atomic E-state index is 0.0759. The van der Waals surface area contributed by atoms with E-state index in [9.17, 15) is 0 Å². The fourth-order valence-corrected chi connectivity index (χ4v) is 8.08. The van der Waals surface area contributed by atoms with Crippen LogP contribution in [0, 0.1) is 0 Å². The van der Waals surface area contributed by atoms with Crippen LogP contribution in [-0.2, 0) is 0 Å². The van der Waals surface area contributed by atoms with E-state index in [-0.39, 0.29) is 12.0 Å². The van der Waals surface area contributed by atoms with Crippen LogP contribution in [0.3, 0.4) is 0 Å². The molecule has 1 nitrogen and oxygen atoms in total. The first-order valence-electron chi connectivity index (χ1n) is 17.1. The number of rotatable bonds is 4. The fraction of sp³-hybridized carbons (Fsp3) is 0.0417. The molecule has 8 aromatic carbocycles. The highest BCUT2D eigenvalue weighted by Crippen LogP contribution is 2.48. The number of ether oxygens (including phenoxy) is 1. The molecule has 2 atom stereocenters. The van der Waals surface area contributed by atoms with Crippen molar-refractivity contribution in [2.24, 2.45) is 0 Å². The Hall–Kier alpha value is -6.18. The number of benzene rings is 8. The lowest BCUT2D eigenvalue weighted by Gasteiger charge is -2.20. The maximum Gasteiger partial charge on any atom is 0.128 e. The van der Waals surface area contributed by atoms with E-state index < -0.39 is 0 Å². The molecule has 2 aliphatic rings. The summed E-state index contributed by atoms with van der Waals surface area (Å²) < 4.78 is 6.30. The predicted molar refractivity (Wildman–Crippen MR) is 206 cm³/mol. The van der Waals surface area contributed by atoms with Crippen molar-refractivity contribution >= 4 is 32.3 Å². The maximum atomic E-state index is 6.30. The van der Waals surface area contributed by atoms with Crippen LogP contribution in [0.15, 0.2) is 182 Å². The van der Waals surface area contributed by atoms with E-state index in [1.807, 2.05) is 0 Å². The molecule has 230 valence electrons. The average Bonchev–Trinajstić information content (AvgIpc) is 3.55. The van der Waals surface area contributed by atoms with Crippen molar-refractivity contribution in [3.05, 3.63) is 188 Å². The molecule has 1 heteroatoms. The molecule has 0 spiro atoms. The van der Waals surface area contributed by atoms with Gasteiger partial charge in [-0.15, -0.1) is 0 Å². The Morgan fingerprint density at radius 2 is 1.00 bits per heavy atom. The summed E-state index contributed by atoms with van der Waals surface area (Å²) in [5.41, 5.74) is 11.1. The summed E-state index contributed by atoms with van der Waals surface area (Å²) in [5.74, 6) is 1.24. The molecule has 0 fully saturated rings. The topological polar surface area (TPSA) is 9.23 Å². The van der Waals surface area contributed by atoms with Crippen LogP contribution < -0.4 is 4.74 Å². The van der Waals surface area contributed by atoms with Gasteiger partial charge in [-0.1, -0.05) is 158 Å². The van der Waals surface area contributed by atoms with Crippen molar-refractivity contribution in [2.75, 3.05) is 0 Å². The van der Waals surface area contributed by atoms with E-state index in [2.05, 4.69) is 182 Å². The largest absolute Gasteiger partial charge is 0.485 e. The Kier molecular flexibility index (Phi) is 6.38. The Morgan fingerprint density at radius 1 is 0.388 bits per heavy atom. The van der Waals surface area contributed by atoms with Gasteiger partial charge in [0.2, 0.25) is 0 Å². The highest BCUT2D eigenvalue weighted by molar-refractivity contribution is 6.24. The third-order valence-electron chi connectivity index (χ3n) is 10.4. The smallest absolute Gasteiger partial charge is 0.128 e. The number of allylic oxidation sites excluding steroid dienone is 2. The lowest BCUT2D eigenvalue weighted by Crippen LogP contribution is -2.15. The van der Waals surface area contributed by atoms with Crippen LogP contribution in [0.2, 0.25) is 0 Å². The molecular formula is C48H32O. The van der Waals surface area contributed by atoms with Crippen LogP contribution in [0.5, 0.6) is 5.75 Å². The van der Waals surface area contributed by atoms with Gasteiger partial charge in [0.25, 0.3) is 0 Å². The first-order valence-corrected chi connectivity index (χ1v) is 17.1. The van der Waals surface area contributed by atoms with E-state index in [4.69, 9.17) is 4.74 Å². The molecule has 1 aliphatic carbocycles. The Labute approximate surface area is 286 Å². The van der Waals surface area contributed by atoms with Crippen LogP contribution in [0.1, 0.15) is 11.5 Å². The van der Waals surface area contributed by atoms with Gasteiger partial charge in [-0.25, -0.2) is 0 Å². The van der Waals surface area contributed by atoms with Gasteiger partial charge in [-0.05, 0) is 101 Å². The lowest BCUT2D eigenvalue weighted by atomic mass is 9.83. The van der Waals surface area contributed by atoms with Crippen molar-refractivity contribution in [2.45, 2.75) is 12.0 Å². The summed E-state index contributed by atoms with van der Waals surface area (Å²) in [6, 6.07) is 57.9. The summed E-state index contributed by atoms with van der Waals surface area (Å²) in [5, 5.41) is 7.54. The maximum absolute atomic E-state index is 6.30. The van der Waals surface area contributed by atoms with E-state index in [0.29, 0.717) is 0 Å². The highest BCUT2D eigenvalue weighted by Gasteiger charge is 2.32. The van der Waals surface area contributed by atoms with Crippen molar-refractivity contribution in [1.82, 2.24) is 0 Å². The van der Waals surface area contributed by atoms with Crippen molar-refractivity contribution < 1.29 is 4.74 Å². The van der Waals surface area contributed by atoms with Crippen molar-refractivity contribution in [3.8, 4) is 50.3 Å². The second kappa shape index (κ2) is 11.2. The molecular weight excluding hydrogens is 593 g/mol. The van der Waals surface area contributed by atoms with Gasteiger partial charge < -0.3 is 4.74 Å². The van der Waals surface area contributed by atoms with Crippen molar-refractivity contribution in [1.29, 1.82) is 0 Å². The summed E-state index contributed by atoms with van der Waals surface area (Å²) in [6.07, 6.45) is 8.73. The molecule has 0 saturated heterocycles. The first kappa shape index (κ1) is 27.9. The molecule has 0 radical (unpaired) electrons. The van der Waals surface area contributed by atoms with Crippen LogP contribution in [0.25, 0.3) is 76.8 Å².